The maximum Gasteiger partial charge on any atom is 0.416 e. The highest BCUT2D eigenvalue weighted by Gasteiger charge is 2.31. The van der Waals surface area contributed by atoms with Crippen molar-refractivity contribution in [3.63, 3.8) is 0 Å². The van der Waals surface area contributed by atoms with E-state index in [1.165, 1.54) is 18.2 Å². The number of nitrogens with one attached hydrogen (secondary N) is 2. The molecule has 2 aromatic carbocycles. The van der Waals surface area contributed by atoms with E-state index >= 15 is 0 Å². The van der Waals surface area contributed by atoms with Crippen LogP contribution in [0.25, 0.3) is 0 Å². The van der Waals surface area contributed by atoms with Gasteiger partial charge >= 0.3 is 6.18 Å². The molecule has 1 unspecified atom stereocenters. The van der Waals surface area contributed by atoms with Crippen molar-refractivity contribution in [3.8, 4) is 0 Å². The smallest absolute Gasteiger partial charge is 0.368 e. The highest BCUT2D eigenvalue weighted by molar-refractivity contribution is 7.92. The fraction of sp³-hybridized carbons (Fsp3) is 0.316. The van der Waals surface area contributed by atoms with Crippen molar-refractivity contribution in [3.05, 3.63) is 53.6 Å². The zero-order valence-electron chi connectivity index (χ0n) is 15.4. The first-order chi connectivity index (χ1) is 13.6. The predicted molar refractivity (Wildman–Crippen MR) is 101 cm³/mol. The molecule has 6 nitrogen and oxygen atoms in total. The Kier molecular flexibility index (Phi) is 5.85. The predicted octanol–water partition coefficient (Wildman–Crippen LogP) is 3.93. The van der Waals surface area contributed by atoms with E-state index < -0.39 is 27.9 Å². The van der Waals surface area contributed by atoms with E-state index in [2.05, 4.69) is 10.0 Å². The summed E-state index contributed by atoms with van der Waals surface area (Å²) < 4.78 is 71.5. The number of aryl methyl sites for hydroxylation is 1. The van der Waals surface area contributed by atoms with Crippen molar-refractivity contribution in [1.82, 2.24) is 0 Å². The summed E-state index contributed by atoms with van der Waals surface area (Å²) in [5.41, 5.74) is -0.555. The van der Waals surface area contributed by atoms with E-state index in [-0.39, 0.29) is 22.2 Å². The van der Waals surface area contributed by atoms with Crippen LogP contribution >= 0.6 is 0 Å². The summed E-state index contributed by atoms with van der Waals surface area (Å²) in [5.74, 6) is -0.375. The van der Waals surface area contributed by atoms with Gasteiger partial charge in [-0.1, -0.05) is 12.1 Å². The molecule has 1 aliphatic heterocycles. The molecule has 2 N–H and O–H groups in total. The summed E-state index contributed by atoms with van der Waals surface area (Å²) in [6.45, 7) is 2.04. The number of amides is 1. The topological polar surface area (TPSA) is 84.5 Å². The Labute approximate surface area is 166 Å². The normalized spacial score (nSPS) is 17.2. The lowest BCUT2D eigenvalue weighted by atomic mass is 10.2. The van der Waals surface area contributed by atoms with Gasteiger partial charge in [-0.2, -0.15) is 13.2 Å². The quantitative estimate of drug-likeness (QED) is 0.756. The molecule has 1 heterocycles. The van der Waals surface area contributed by atoms with Crippen molar-refractivity contribution in [2.24, 2.45) is 0 Å². The van der Waals surface area contributed by atoms with Crippen LogP contribution in [-0.2, 0) is 25.7 Å². The Bertz CT molecular complexity index is 1020. The molecule has 0 aromatic heterocycles. The monoisotopic (exact) mass is 428 g/mol. The van der Waals surface area contributed by atoms with Crippen molar-refractivity contribution in [1.29, 1.82) is 0 Å². The highest BCUT2D eigenvalue weighted by atomic mass is 32.2. The number of ether oxygens (including phenoxy) is 1. The van der Waals surface area contributed by atoms with Crippen LogP contribution in [0.4, 0.5) is 24.5 Å². The summed E-state index contributed by atoms with van der Waals surface area (Å²) in [6, 6.07) is 8.23. The van der Waals surface area contributed by atoms with E-state index in [0.29, 0.717) is 18.6 Å². The van der Waals surface area contributed by atoms with E-state index in [9.17, 15) is 26.4 Å². The standard InChI is InChI=1S/C19H19F3N2O4S/c1-12-7-8-14(23-18(25)16-6-3-9-28-16)11-17(12)29(26,27)24-15-5-2-4-13(10-15)19(20,21)22/h2,4-5,7-8,10-11,16,24H,3,6,9H2,1H3,(H,23,25). The number of hydrogen-bond acceptors (Lipinski definition) is 4. The van der Waals surface area contributed by atoms with Gasteiger partial charge in [0.25, 0.3) is 15.9 Å². The number of alkyl halides is 3. The minimum atomic E-state index is -4.59. The average Bonchev–Trinajstić information content (AvgIpc) is 3.17. The molecule has 0 bridgehead atoms. The van der Waals surface area contributed by atoms with E-state index in [1.807, 2.05) is 0 Å². The first kappa shape index (κ1) is 21.1. The Morgan fingerprint density at radius 3 is 2.55 bits per heavy atom. The Balaban J connectivity index is 1.84. The first-order valence-corrected chi connectivity index (χ1v) is 10.3. The van der Waals surface area contributed by atoms with E-state index in [4.69, 9.17) is 4.74 Å². The molecule has 0 saturated carbocycles. The SMILES string of the molecule is Cc1ccc(NC(=O)C2CCCO2)cc1S(=O)(=O)Nc1cccc(C(F)(F)F)c1. The summed E-state index contributed by atoms with van der Waals surface area (Å²) >= 11 is 0. The number of rotatable bonds is 5. The summed E-state index contributed by atoms with van der Waals surface area (Å²) in [6.07, 6.45) is -3.82. The zero-order chi connectivity index (χ0) is 21.2. The average molecular weight is 428 g/mol. The molecule has 10 heteroatoms. The van der Waals surface area contributed by atoms with Crippen molar-refractivity contribution < 1.29 is 31.1 Å². The van der Waals surface area contributed by atoms with E-state index in [0.717, 1.165) is 24.6 Å². The van der Waals surface area contributed by atoms with Crippen molar-refractivity contribution in [2.45, 2.75) is 36.9 Å². The molecule has 3 rings (SSSR count). The zero-order valence-corrected chi connectivity index (χ0v) is 16.2. The van der Waals surface area contributed by atoms with Crippen LogP contribution in [0.3, 0.4) is 0 Å². The third kappa shape index (κ3) is 5.07. The molecule has 1 saturated heterocycles. The molecule has 0 radical (unpaired) electrons. The number of sulfonamides is 1. The fourth-order valence-electron chi connectivity index (χ4n) is 2.94. The van der Waals surface area contributed by atoms with Crippen LogP contribution in [0.5, 0.6) is 0 Å². The van der Waals surface area contributed by atoms with Gasteiger partial charge in [0.1, 0.15) is 6.10 Å². The number of carbonyl (C=O) groups is 1. The van der Waals surface area contributed by atoms with Crippen LogP contribution in [0.1, 0.15) is 24.0 Å². The number of hydrogen-bond donors (Lipinski definition) is 2. The minimum Gasteiger partial charge on any atom is -0.368 e. The molecule has 156 valence electrons. The summed E-state index contributed by atoms with van der Waals surface area (Å²) in [4.78, 5) is 12.0. The number of carbonyl (C=O) groups excluding carboxylic acids is 1. The van der Waals surface area contributed by atoms with Crippen molar-refractivity contribution >= 4 is 27.3 Å². The van der Waals surface area contributed by atoms with Gasteiger partial charge in [0, 0.05) is 18.0 Å². The Hall–Kier alpha value is -2.59. The fourth-order valence-corrected chi connectivity index (χ4v) is 4.26. The molecule has 29 heavy (non-hydrogen) atoms. The van der Waals surface area contributed by atoms with Gasteiger partial charge in [-0.05, 0) is 55.7 Å². The maximum atomic E-state index is 12.9. The molecular weight excluding hydrogens is 409 g/mol. The van der Waals surface area contributed by atoms with Gasteiger partial charge in [0.15, 0.2) is 0 Å². The Morgan fingerprint density at radius 2 is 1.90 bits per heavy atom. The molecule has 2 aromatic rings. The van der Waals surface area contributed by atoms with E-state index in [1.54, 1.807) is 13.0 Å². The third-order valence-corrected chi connectivity index (χ3v) is 5.93. The summed E-state index contributed by atoms with van der Waals surface area (Å²) in [5, 5.41) is 2.61. The molecule has 0 spiro atoms. The number of benzene rings is 2. The van der Waals surface area contributed by atoms with Crippen LogP contribution in [-0.4, -0.2) is 27.0 Å². The van der Waals surface area contributed by atoms with Crippen LogP contribution < -0.4 is 10.0 Å². The second-order valence-corrected chi connectivity index (χ2v) is 8.31. The lowest BCUT2D eigenvalue weighted by Crippen LogP contribution is -2.27. The molecule has 1 fully saturated rings. The third-order valence-electron chi connectivity index (χ3n) is 4.41. The first-order valence-electron chi connectivity index (χ1n) is 8.79. The number of anilines is 2. The second kappa shape index (κ2) is 8.03. The van der Waals surface area contributed by atoms with Gasteiger partial charge < -0.3 is 10.1 Å². The molecule has 1 amide bonds. The number of halogens is 3. The van der Waals surface area contributed by atoms with Crippen molar-refractivity contribution in [2.75, 3.05) is 16.6 Å². The highest BCUT2D eigenvalue weighted by Crippen LogP contribution is 2.31. The second-order valence-electron chi connectivity index (χ2n) is 6.66. The molecule has 0 aliphatic carbocycles. The van der Waals surface area contributed by atoms with Crippen LogP contribution in [0.2, 0.25) is 0 Å². The van der Waals surface area contributed by atoms with Crippen LogP contribution in [0.15, 0.2) is 47.4 Å². The Morgan fingerprint density at radius 1 is 1.14 bits per heavy atom. The molecule has 1 aliphatic rings. The van der Waals surface area contributed by atoms with Gasteiger partial charge in [0.05, 0.1) is 10.5 Å². The van der Waals surface area contributed by atoms with Gasteiger partial charge in [0.2, 0.25) is 0 Å². The minimum absolute atomic E-state index is 0.153. The maximum absolute atomic E-state index is 12.9. The largest absolute Gasteiger partial charge is 0.416 e. The van der Waals surface area contributed by atoms with Gasteiger partial charge in [-0.15, -0.1) is 0 Å². The van der Waals surface area contributed by atoms with Gasteiger partial charge in [-0.25, -0.2) is 8.42 Å². The molecular formula is C19H19F3N2O4S. The van der Waals surface area contributed by atoms with Gasteiger partial charge in [-0.3, -0.25) is 9.52 Å². The lowest BCUT2D eigenvalue weighted by molar-refractivity contribution is -0.137. The summed E-state index contributed by atoms with van der Waals surface area (Å²) in [7, 11) is -4.18. The lowest BCUT2D eigenvalue weighted by Gasteiger charge is -2.15. The van der Waals surface area contributed by atoms with Crippen LogP contribution in [0, 0.1) is 6.92 Å². The molecule has 1 atom stereocenters.